The molecule has 0 saturated carbocycles. The van der Waals surface area contributed by atoms with Gasteiger partial charge >= 0.3 is 0 Å². The third-order valence-electron chi connectivity index (χ3n) is 2.96. The summed E-state index contributed by atoms with van der Waals surface area (Å²) in [6, 6.07) is 0.766. The molecule has 0 bridgehead atoms. The van der Waals surface area contributed by atoms with Gasteiger partial charge < -0.3 is 5.32 Å². The highest BCUT2D eigenvalue weighted by Crippen LogP contribution is 2.37. The van der Waals surface area contributed by atoms with Gasteiger partial charge in [0.05, 0.1) is 0 Å². The highest BCUT2D eigenvalue weighted by atomic mass is 15.0. The van der Waals surface area contributed by atoms with Gasteiger partial charge in [-0.1, -0.05) is 34.1 Å². The summed E-state index contributed by atoms with van der Waals surface area (Å²) in [5.41, 5.74) is 0.600. The second-order valence-corrected chi connectivity index (χ2v) is 4.51. The standard InChI is InChI=1S/C10H21N/c1-5-6-10(4)7-11-9(10)8(2)3/h8-9,11H,5-7H2,1-4H3. The maximum atomic E-state index is 3.52. The molecule has 2 unspecified atom stereocenters. The number of rotatable bonds is 3. The molecule has 0 aromatic rings. The van der Waals surface area contributed by atoms with Crippen molar-refractivity contribution in [2.45, 2.75) is 46.6 Å². The SMILES string of the molecule is CCCC1(C)CNC1C(C)C. The topological polar surface area (TPSA) is 12.0 Å². The molecule has 1 N–H and O–H groups in total. The first-order valence-corrected chi connectivity index (χ1v) is 4.83. The summed E-state index contributed by atoms with van der Waals surface area (Å²) in [4.78, 5) is 0. The van der Waals surface area contributed by atoms with Crippen LogP contribution < -0.4 is 5.32 Å². The maximum Gasteiger partial charge on any atom is 0.0156 e. The van der Waals surface area contributed by atoms with E-state index in [1.54, 1.807) is 0 Å². The van der Waals surface area contributed by atoms with Crippen molar-refractivity contribution in [3.05, 3.63) is 0 Å². The van der Waals surface area contributed by atoms with E-state index in [1.165, 1.54) is 19.4 Å². The Kier molecular flexibility index (Phi) is 2.58. The van der Waals surface area contributed by atoms with Gasteiger partial charge in [0.1, 0.15) is 0 Å². The molecule has 11 heavy (non-hydrogen) atoms. The lowest BCUT2D eigenvalue weighted by molar-refractivity contribution is 0.0580. The molecule has 0 radical (unpaired) electrons. The lowest BCUT2D eigenvalue weighted by Crippen LogP contribution is -2.63. The summed E-state index contributed by atoms with van der Waals surface area (Å²) >= 11 is 0. The van der Waals surface area contributed by atoms with Crippen LogP contribution in [-0.2, 0) is 0 Å². The molecule has 0 amide bonds. The molecule has 0 aromatic heterocycles. The lowest BCUT2D eigenvalue weighted by atomic mass is 9.68. The Morgan fingerprint density at radius 1 is 1.55 bits per heavy atom. The molecule has 0 spiro atoms. The van der Waals surface area contributed by atoms with Gasteiger partial charge in [-0.05, 0) is 17.8 Å². The van der Waals surface area contributed by atoms with E-state index in [1.807, 2.05) is 0 Å². The fourth-order valence-corrected chi connectivity index (χ4v) is 2.42. The zero-order valence-electron chi connectivity index (χ0n) is 8.28. The van der Waals surface area contributed by atoms with Gasteiger partial charge in [-0.3, -0.25) is 0 Å². The van der Waals surface area contributed by atoms with E-state index in [4.69, 9.17) is 0 Å². The fraction of sp³-hybridized carbons (Fsp3) is 1.00. The van der Waals surface area contributed by atoms with Gasteiger partial charge in [0.25, 0.3) is 0 Å². The average molecular weight is 155 g/mol. The third-order valence-corrected chi connectivity index (χ3v) is 2.96. The zero-order valence-corrected chi connectivity index (χ0v) is 8.28. The van der Waals surface area contributed by atoms with Crippen molar-refractivity contribution >= 4 is 0 Å². The summed E-state index contributed by atoms with van der Waals surface area (Å²) in [5.74, 6) is 0.792. The van der Waals surface area contributed by atoms with Crippen molar-refractivity contribution in [3.8, 4) is 0 Å². The summed E-state index contributed by atoms with van der Waals surface area (Å²) in [5, 5.41) is 3.52. The van der Waals surface area contributed by atoms with Crippen LogP contribution in [0.25, 0.3) is 0 Å². The highest BCUT2D eigenvalue weighted by Gasteiger charge is 2.42. The fourth-order valence-electron chi connectivity index (χ4n) is 2.42. The second-order valence-electron chi connectivity index (χ2n) is 4.51. The van der Waals surface area contributed by atoms with Crippen molar-refractivity contribution in [3.63, 3.8) is 0 Å². The third kappa shape index (κ3) is 1.58. The molecule has 2 atom stereocenters. The van der Waals surface area contributed by atoms with Crippen LogP contribution in [0.5, 0.6) is 0 Å². The van der Waals surface area contributed by atoms with E-state index in [2.05, 4.69) is 33.0 Å². The Hall–Kier alpha value is -0.0400. The van der Waals surface area contributed by atoms with Gasteiger partial charge in [0, 0.05) is 12.6 Å². The minimum atomic E-state index is 0.600. The van der Waals surface area contributed by atoms with Gasteiger partial charge in [-0.2, -0.15) is 0 Å². The van der Waals surface area contributed by atoms with E-state index in [0.717, 1.165) is 12.0 Å². The van der Waals surface area contributed by atoms with Crippen LogP contribution >= 0.6 is 0 Å². The van der Waals surface area contributed by atoms with Crippen molar-refractivity contribution in [1.29, 1.82) is 0 Å². The van der Waals surface area contributed by atoms with Gasteiger partial charge in [-0.25, -0.2) is 0 Å². The normalized spacial score (nSPS) is 37.4. The van der Waals surface area contributed by atoms with E-state index < -0.39 is 0 Å². The van der Waals surface area contributed by atoms with Crippen molar-refractivity contribution in [2.75, 3.05) is 6.54 Å². The molecule has 1 heterocycles. The minimum Gasteiger partial charge on any atom is -0.313 e. The lowest BCUT2D eigenvalue weighted by Gasteiger charge is -2.50. The van der Waals surface area contributed by atoms with Crippen LogP contribution in [0.15, 0.2) is 0 Å². The summed E-state index contributed by atoms with van der Waals surface area (Å²) in [6.45, 7) is 10.5. The molecule has 1 aliphatic rings. The predicted molar refractivity (Wildman–Crippen MR) is 49.6 cm³/mol. The number of nitrogens with one attached hydrogen (secondary N) is 1. The Bertz CT molecular complexity index is 131. The van der Waals surface area contributed by atoms with Crippen LogP contribution in [0.1, 0.15) is 40.5 Å². The Morgan fingerprint density at radius 2 is 2.18 bits per heavy atom. The van der Waals surface area contributed by atoms with Crippen LogP contribution in [-0.4, -0.2) is 12.6 Å². The van der Waals surface area contributed by atoms with Crippen molar-refractivity contribution < 1.29 is 0 Å². The van der Waals surface area contributed by atoms with Crippen LogP contribution in [0.2, 0.25) is 0 Å². The molecule has 1 saturated heterocycles. The Morgan fingerprint density at radius 3 is 2.45 bits per heavy atom. The molecule has 1 heteroatoms. The molecular formula is C10H21N. The molecule has 66 valence electrons. The second kappa shape index (κ2) is 3.14. The quantitative estimate of drug-likeness (QED) is 0.660. The molecular weight excluding hydrogens is 134 g/mol. The summed E-state index contributed by atoms with van der Waals surface area (Å²) in [7, 11) is 0. The first-order valence-electron chi connectivity index (χ1n) is 4.83. The van der Waals surface area contributed by atoms with E-state index in [9.17, 15) is 0 Å². The predicted octanol–water partition coefficient (Wildman–Crippen LogP) is 2.42. The van der Waals surface area contributed by atoms with Crippen molar-refractivity contribution in [1.82, 2.24) is 5.32 Å². The monoisotopic (exact) mass is 155 g/mol. The Labute approximate surface area is 70.6 Å². The first kappa shape index (κ1) is 9.05. The molecule has 1 rings (SSSR count). The van der Waals surface area contributed by atoms with Crippen LogP contribution in [0, 0.1) is 11.3 Å². The zero-order chi connectivity index (χ0) is 8.48. The maximum absolute atomic E-state index is 3.52. The molecule has 1 aliphatic heterocycles. The number of hydrogen-bond donors (Lipinski definition) is 1. The first-order chi connectivity index (χ1) is 5.10. The number of hydrogen-bond acceptors (Lipinski definition) is 1. The molecule has 0 aromatic carbocycles. The summed E-state index contributed by atoms with van der Waals surface area (Å²) in [6.07, 6.45) is 2.70. The van der Waals surface area contributed by atoms with E-state index in [0.29, 0.717) is 5.41 Å². The van der Waals surface area contributed by atoms with E-state index in [-0.39, 0.29) is 0 Å². The highest BCUT2D eigenvalue weighted by molar-refractivity contribution is 4.99. The van der Waals surface area contributed by atoms with Gasteiger partial charge in [0.2, 0.25) is 0 Å². The van der Waals surface area contributed by atoms with Crippen LogP contribution in [0.3, 0.4) is 0 Å². The summed E-state index contributed by atoms with van der Waals surface area (Å²) < 4.78 is 0. The molecule has 1 fully saturated rings. The average Bonchev–Trinajstić information content (AvgIpc) is 1.85. The molecule has 1 nitrogen and oxygen atoms in total. The van der Waals surface area contributed by atoms with Crippen molar-refractivity contribution in [2.24, 2.45) is 11.3 Å². The van der Waals surface area contributed by atoms with E-state index >= 15 is 0 Å². The van der Waals surface area contributed by atoms with Gasteiger partial charge in [0.15, 0.2) is 0 Å². The van der Waals surface area contributed by atoms with Crippen LogP contribution in [0.4, 0.5) is 0 Å². The minimum absolute atomic E-state index is 0.600. The Balaban J connectivity index is 2.45. The van der Waals surface area contributed by atoms with Gasteiger partial charge in [-0.15, -0.1) is 0 Å². The smallest absolute Gasteiger partial charge is 0.0156 e. The largest absolute Gasteiger partial charge is 0.313 e. The molecule has 0 aliphatic carbocycles.